The number of ether oxygens (including phenoxy) is 1. The minimum Gasteiger partial charge on any atom is -0.466 e. The summed E-state index contributed by atoms with van der Waals surface area (Å²) < 4.78 is 30.0. The molecule has 0 saturated heterocycles. The van der Waals surface area contributed by atoms with E-state index in [1.54, 1.807) is 6.92 Å². The molecule has 0 radical (unpaired) electrons. The molecule has 94 valence electrons. The first kappa shape index (κ1) is 13.6. The quantitative estimate of drug-likeness (QED) is 0.848. The van der Waals surface area contributed by atoms with Gasteiger partial charge in [0.1, 0.15) is 5.02 Å². The Morgan fingerprint density at radius 2 is 2.24 bits per heavy atom. The molecular weight excluding hydrogens is 256 g/mol. The number of halogens is 3. The van der Waals surface area contributed by atoms with E-state index in [2.05, 4.69) is 9.72 Å². The van der Waals surface area contributed by atoms with Gasteiger partial charge < -0.3 is 9.72 Å². The Morgan fingerprint density at radius 1 is 1.59 bits per heavy atom. The van der Waals surface area contributed by atoms with Gasteiger partial charge in [0.15, 0.2) is 0 Å². The molecule has 0 saturated carbocycles. The fourth-order valence-electron chi connectivity index (χ4n) is 1.29. The summed E-state index contributed by atoms with van der Waals surface area (Å²) in [7, 11) is 0. The summed E-state index contributed by atoms with van der Waals surface area (Å²) in [5.74, 6) is -0.688. The number of alkyl halides is 2. The zero-order chi connectivity index (χ0) is 13.0. The second-order valence-electron chi connectivity index (χ2n) is 3.14. The maximum absolute atomic E-state index is 12.7. The zero-order valence-corrected chi connectivity index (χ0v) is 9.68. The molecule has 1 rings (SSSR count). The van der Waals surface area contributed by atoms with Gasteiger partial charge in [-0.05, 0) is 6.92 Å². The molecule has 1 aromatic rings. The Balaban J connectivity index is 3.12. The van der Waals surface area contributed by atoms with Crippen LogP contribution in [0.1, 0.15) is 24.6 Å². The van der Waals surface area contributed by atoms with Crippen molar-refractivity contribution in [1.82, 2.24) is 4.98 Å². The maximum Gasteiger partial charge on any atom is 0.311 e. The lowest BCUT2D eigenvalue weighted by atomic mass is 10.1. The third-order valence-corrected chi connectivity index (χ3v) is 2.29. The predicted molar refractivity (Wildman–Crippen MR) is 57.4 cm³/mol. The zero-order valence-electron chi connectivity index (χ0n) is 8.93. The number of hydrogen-bond acceptors (Lipinski definition) is 3. The smallest absolute Gasteiger partial charge is 0.311 e. The first-order chi connectivity index (χ1) is 7.97. The summed E-state index contributed by atoms with van der Waals surface area (Å²) in [5, 5.41) is -0.340. The van der Waals surface area contributed by atoms with Crippen molar-refractivity contribution >= 4 is 17.6 Å². The van der Waals surface area contributed by atoms with Crippen LogP contribution in [0, 0.1) is 0 Å². The van der Waals surface area contributed by atoms with Crippen LogP contribution in [0.4, 0.5) is 8.78 Å². The molecule has 17 heavy (non-hydrogen) atoms. The fourth-order valence-corrected chi connectivity index (χ4v) is 1.45. The van der Waals surface area contributed by atoms with Gasteiger partial charge in [-0.3, -0.25) is 9.59 Å². The standard InChI is InChI=1S/C10H10ClF2NO3/c1-2-17-7(15)3-6-8(10(12)13)9(16)5(11)4-14-6/h4,10H,2-3H2,1H3,(H,14,16). The monoisotopic (exact) mass is 265 g/mol. The first-order valence-electron chi connectivity index (χ1n) is 4.81. The summed E-state index contributed by atoms with van der Waals surface area (Å²) in [6.45, 7) is 1.73. The number of esters is 1. The van der Waals surface area contributed by atoms with Crippen LogP contribution in [0.3, 0.4) is 0 Å². The van der Waals surface area contributed by atoms with E-state index in [0.29, 0.717) is 0 Å². The molecule has 0 aromatic carbocycles. The van der Waals surface area contributed by atoms with Crippen molar-refractivity contribution in [2.45, 2.75) is 19.8 Å². The van der Waals surface area contributed by atoms with Crippen LogP contribution in [0.5, 0.6) is 0 Å². The third kappa shape index (κ3) is 3.26. The second kappa shape index (κ2) is 5.77. The summed E-state index contributed by atoms with van der Waals surface area (Å²) in [4.78, 5) is 25.0. The van der Waals surface area contributed by atoms with Crippen molar-refractivity contribution in [2.24, 2.45) is 0 Å². The van der Waals surface area contributed by atoms with Crippen molar-refractivity contribution in [3.8, 4) is 0 Å². The number of H-pyrrole nitrogens is 1. The van der Waals surface area contributed by atoms with Gasteiger partial charge in [-0.1, -0.05) is 11.6 Å². The number of aromatic nitrogens is 1. The highest BCUT2D eigenvalue weighted by atomic mass is 35.5. The topological polar surface area (TPSA) is 59.2 Å². The molecule has 1 N–H and O–H groups in total. The largest absolute Gasteiger partial charge is 0.466 e. The van der Waals surface area contributed by atoms with Gasteiger partial charge in [0.05, 0.1) is 18.6 Å². The lowest BCUT2D eigenvalue weighted by molar-refractivity contribution is -0.142. The molecule has 0 aliphatic heterocycles. The van der Waals surface area contributed by atoms with E-state index < -0.39 is 29.8 Å². The molecule has 1 heterocycles. The van der Waals surface area contributed by atoms with E-state index in [9.17, 15) is 18.4 Å². The van der Waals surface area contributed by atoms with Crippen LogP contribution in [0.2, 0.25) is 5.02 Å². The number of carbonyl (C=O) groups is 1. The lowest BCUT2D eigenvalue weighted by Crippen LogP contribution is -2.18. The maximum atomic E-state index is 12.7. The van der Waals surface area contributed by atoms with Gasteiger partial charge >= 0.3 is 5.97 Å². The van der Waals surface area contributed by atoms with Crippen molar-refractivity contribution in [3.63, 3.8) is 0 Å². The molecule has 0 fully saturated rings. The minimum absolute atomic E-state index is 0.140. The van der Waals surface area contributed by atoms with Crippen LogP contribution in [0.25, 0.3) is 0 Å². The molecule has 0 bridgehead atoms. The Kier molecular flexibility index (Phi) is 4.62. The van der Waals surface area contributed by atoms with Crippen LogP contribution in [-0.2, 0) is 16.0 Å². The summed E-state index contributed by atoms with van der Waals surface area (Å²) in [5.41, 5.74) is -1.93. The molecule has 0 unspecified atom stereocenters. The Bertz CT molecular complexity index is 473. The molecule has 0 spiro atoms. The predicted octanol–water partition coefficient (Wildman–Crippen LogP) is 2.07. The van der Waals surface area contributed by atoms with Crippen molar-refractivity contribution in [1.29, 1.82) is 0 Å². The number of pyridine rings is 1. The van der Waals surface area contributed by atoms with Crippen LogP contribution in [-0.4, -0.2) is 17.6 Å². The number of carbonyl (C=O) groups excluding carboxylic acids is 1. The van der Waals surface area contributed by atoms with E-state index in [0.717, 1.165) is 6.20 Å². The minimum atomic E-state index is -3.00. The molecule has 0 aliphatic rings. The number of hydrogen-bond donors (Lipinski definition) is 1. The SMILES string of the molecule is CCOC(=O)Cc1[nH]cc(Cl)c(=O)c1C(F)F. The summed E-state index contributed by atoms with van der Waals surface area (Å²) in [6, 6.07) is 0. The summed E-state index contributed by atoms with van der Waals surface area (Å²) >= 11 is 5.43. The Morgan fingerprint density at radius 3 is 2.76 bits per heavy atom. The average molecular weight is 266 g/mol. The average Bonchev–Trinajstić information content (AvgIpc) is 2.23. The fraction of sp³-hybridized carbons (Fsp3) is 0.400. The van der Waals surface area contributed by atoms with Gasteiger partial charge in [0.25, 0.3) is 6.43 Å². The number of aromatic amines is 1. The van der Waals surface area contributed by atoms with E-state index in [1.165, 1.54) is 0 Å². The van der Waals surface area contributed by atoms with Gasteiger partial charge in [0, 0.05) is 11.9 Å². The van der Waals surface area contributed by atoms with Crippen molar-refractivity contribution in [2.75, 3.05) is 6.61 Å². The van der Waals surface area contributed by atoms with Crippen LogP contribution < -0.4 is 5.43 Å². The highest BCUT2D eigenvalue weighted by molar-refractivity contribution is 6.30. The molecule has 4 nitrogen and oxygen atoms in total. The van der Waals surface area contributed by atoms with Crippen LogP contribution in [0.15, 0.2) is 11.0 Å². The molecule has 1 aromatic heterocycles. The highest BCUT2D eigenvalue weighted by Gasteiger charge is 2.21. The molecule has 0 aliphatic carbocycles. The van der Waals surface area contributed by atoms with E-state index in [1.807, 2.05) is 0 Å². The third-order valence-electron chi connectivity index (χ3n) is 2.00. The first-order valence-corrected chi connectivity index (χ1v) is 5.18. The molecule has 7 heteroatoms. The number of rotatable bonds is 4. The van der Waals surface area contributed by atoms with Gasteiger partial charge in [0.2, 0.25) is 5.43 Å². The molecular formula is C10H10ClF2NO3. The van der Waals surface area contributed by atoms with Crippen molar-refractivity contribution < 1.29 is 18.3 Å². The highest BCUT2D eigenvalue weighted by Crippen LogP contribution is 2.20. The lowest BCUT2D eigenvalue weighted by Gasteiger charge is -2.08. The summed E-state index contributed by atoms with van der Waals surface area (Å²) in [6.07, 6.45) is -2.34. The van der Waals surface area contributed by atoms with E-state index in [4.69, 9.17) is 11.6 Å². The molecule has 0 amide bonds. The Hall–Kier alpha value is -1.43. The van der Waals surface area contributed by atoms with Gasteiger partial charge in [-0.25, -0.2) is 8.78 Å². The van der Waals surface area contributed by atoms with Crippen LogP contribution >= 0.6 is 11.6 Å². The van der Waals surface area contributed by atoms with Gasteiger partial charge in [-0.2, -0.15) is 0 Å². The molecule has 0 atom stereocenters. The van der Waals surface area contributed by atoms with E-state index in [-0.39, 0.29) is 17.3 Å². The van der Waals surface area contributed by atoms with Crippen molar-refractivity contribution in [3.05, 3.63) is 32.7 Å². The normalized spacial score (nSPS) is 10.6. The van der Waals surface area contributed by atoms with Gasteiger partial charge in [-0.15, -0.1) is 0 Å². The number of nitrogens with one attached hydrogen (secondary N) is 1. The Labute approximate surface area is 101 Å². The second-order valence-corrected chi connectivity index (χ2v) is 3.55. The van der Waals surface area contributed by atoms with E-state index >= 15 is 0 Å².